The number of thiazole rings is 1. The summed E-state index contributed by atoms with van der Waals surface area (Å²) in [4.78, 5) is 12.1. The molecule has 3 N–H and O–H groups in total. The van der Waals surface area contributed by atoms with E-state index in [-0.39, 0.29) is 0 Å². The van der Waals surface area contributed by atoms with Crippen molar-refractivity contribution in [2.75, 3.05) is 11.5 Å². The lowest BCUT2D eigenvalue weighted by atomic mass is 10.0. The molecule has 0 spiro atoms. The minimum atomic E-state index is -1.08. The smallest absolute Gasteiger partial charge is 0.230 e. The third-order valence-electron chi connectivity index (χ3n) is 4.36. The van der Waals surface area contributed by atoms with Crippen LogP contribution >= 0.6 is 22.7 Å². The molecule has 0 amide bonds. The van der Waals surface area contributed by atoms with Gasteiger partial charge in [0.25, 0.3) is 0 Å². The van der Waals surface area contributed by atoms with Crippen LogP contribution in [0.25, 0.3) is 31.9 Å². The molecule has 0 saturated heterocycles. The first-order valence-electron chi connectivity index (χ1n) is 8.74. The first-order chi connectivity index (χ1) is 13.1. The van der Waals surface area contributed by atoms with Gasteiger partial charge in [-0.3, -0.25) is 0 Å². The highest BCUT2D eigenvalue weighted by atomic mass is 32.2. The maximum absolute atomic E-state index is 12.8. The predicted molar refractivity (Wildman–Crippen MR) is 116 cm³/mol. The lowest BCUT2D eigenvalue weighted by molar-refractivity contribution is 0.594. The number of nitrogen functional groups attached to an aromatic ring is 1. The number of hydrogen-bond acceptors (Lipinski definition) is 6. The number of aryl methyl sites for hydroxylation is 1. The zero-order valence-electron chi connectivity index (χ0n) is 15.1. The number of nitrogens with two attached hydrogens (primary N) is 1. The van der Waals surface area contributed by atoms with Crippen LogP contribution in [-0.4, -0.2) is 25.3 Å². The summed E-state index contributed by atoms with van der Waals surface area (Å²) in [5.74, 6) is 1.49. The summed E-state index contributed by atoms with van der Waals surface area (Å²) in [5, 5.41) is 3.87. The molecule has 0 bridgehead atoms. The van der Waals surface area contributed by atoms with Crippen LogP contribution in [0.5, 0.6) is 0 Å². The molecule has 5 nitrogen and oxygen atoms in total. The highest BCUT2D eigenvalue weighted by Crippen LogP contribution is 2.44. The molecule has 0 saturated carbocycles. The molecule has 8 heteroatoms. The summed E-state index contributed by atoms with van der Waals surface area (Å²) in [6.45, 7) is 4.03. The van der Waals surface area contributed by atoms with Gasteiger partial charge in [-0.25, -0.2) is 9.97 Å². The van der Waals surface area contributed by atoms with Gasteiger partial charge in [0, 0.05) is 32.8 Å². The molecule has 0 radical (unpaired) electrons. The Morgan fingerprint density at radius 3 is 2.81 bits per heavy atom. The molecular formula is C19H20N4OS3. The first kappa shape index (κ1) is 18.5. The number of rotatable bonds is 6. The SMILES string of the molecule is CCCC[S+]([O-])c1sc2cc(-c3nccs3)cc(-c3cnc(C)[nH]3)c2c1N. The van der Waals surface area contributed by atoms with E-state index in [1.807, 2.05) is 18.5 Å². The Balaban J connectivity index is 1.93. The van der Waals surface area contributed by atoms with Crippen LogP contribution in [0.1, 0.15) is 25.6 Å². The number of anilines is 1. The zero-order valence-corrected chi connectivity index (χ0v) is 17.6. The van der Waals surface area contributed by atoms with E-state index < -0.39 is 11.2 Å². The van der Waals surface area contributed by atoms with Crippen molar-refractivity contribution in [2.45, 2.75) is 30.9 Å². The highest BCUT2D eigenvalue weighted by Gasteiger charge is 2.24. The number of nitrogens with one attached hydrogen (secondary N) is 1. The van der Waals surface area contributed by atoms with E-state index >= 15 is 0 Å². The summed E-state index contributed by atoms with van der Waals surface area (Å²) in [6.07, 6.45) is 5.57. The Kier molecular flexibility index (Phi) is 5.23. The standard InChI is InChI=1S/C19H20N4OS3/c1-3-4-7-27(24)19-17(20)16-13(14-10-22-11(2)23-14)8-12(9-15(16)26-19)18-21-5-6-25-18/h5-6,8-10H,3-4,7,20H2,1-2H3,(H,22,23). The summed E-state index contributed by atoms with van der Waals surface area (Å²) in [5.41, 5.74) is 10.0. The number of thiophene rings is 1. The van der Waals surface area contributed by atoms with Crippen molar-refractivity contribution < 1.29 is 4.55 Å². The topological polar surface area (TPSA) is 90.6 Å². The largest absolute Gasteiger partial charge is 0.611 e. The fraction of sp³-hybridized carbons (Fsp3) is 0.263. The second kappa shape index (κ2) is 7.63. The van der Waals surface area contributed by atoms with Gasteiger partial charge < -0.3 is 15.3 Å². The van der Waals surface area contributed by atoms with Gasteiger partial charge in [-0.15, -0.1) is 11.3 Å². The molecule has 0 aliphatic carbocycles. The number of benzene rings is 1. The van der Waals surface area contributed by atoms with Gasteiger partial charge in [0.2, 0.25) is 4.21 Å². The van der Waals surface area contributed by atoms with Crippen LogP contribution in [0, 0.1) is 6.92 Å². The number of aromatic amines is 1. The third kappa shape index (κ3) is 3.50. The molecule has 0 fully saturated rings. The third-order valence-corrected chi connectivity index (χ3v) is 8.23. The van der Waals surface area contributed by atoms with E-state index in [0.717, 1.165) is 54.8 Å². The second-order valence-electron chi connectivity index (χ2n) is 6.32. The van der Waals surface area contributed by atoms with Crippen molar-refractivity contribution >= 4 is 49.6 Å². The maximum Gasteiger partial charge on any atom is 0.230 e. The molecule has 140 valence electrons. The molecule has 27 heavy (non-hydrogen) atoms. The number of hydrogen-bond donors (Lipinski definition) is 2. The molecule has 1 aromatic carbocycles. The summed E-state index contributed by atoms with van der Waals surface area (Å²) >= 11 is 2.05. The maximum atomic E-state index is 12.8. The van der Waals surface area contributed by atoms with E-state index in [4.69, 9.17) is 5.73 Å². The van der Waals surface area contributed by atoms with Crippen molar-refractivity contribution in [3.8, 4) is 21.8 Å². The summed E-state index contributed by atoms with van der Waals surface area (Å²) in [7, 11) is 0. The van der Waals surface area contributed by atoms with Gasteiger partial charge in [-0.2, -0.15) is 0 Å². The Bertz CT molecular complexity index is 1070. The van der Waals surface area contributed by atoms with Crippen molar-refractivity contribution in [2.24, 2.45) is 0 Å². The minimum absolute atomic E-state index is 0.623. The predicted octanol–water partition coefficient (Wildman–Crippen LogP) is 5.21. The van der Waals surface area contributed by atoms with E-state index in [2.05, 4.69) is 34.0 Å². The quantitative estimate of drug-likeness (QED) is 0.422. The molecule has 4 aromatic rings. The molecular weight excluding hydrogens is 396 g/mol. The fourth-order valence-electron chi connectivity index (χ4n) is 3.03. The number of fused-ring (bicyclic) bond motifs is 1. The van der Waals surface area contributed by atoms with Crippen LogP contribution in [0.2, 0.25) is 0 Å². The van der Waals surface area contributed by atoms with Crippen LogP contribution in [0.4, 0.5) is 5.69 Å². The van der Waals surface area contributed by atoms with E-state index in [1.54, 1.807) is 17.5 Å². The average Bonchev–Trinajstić information content (AvgIpc) is 3.39. The molecule has 3 heterocycles. The van der Waals surface area contributed by atoms with Gasteiger partial charge in [-0.05, 0) is 36.7 Å². The Morgan fingerprint density at radius 2 is 2.15 bits per heavy atom. The van der Waals surface area contributed by atoms with Gasteiger partial charge in [0.1, 0.15) is 22.3 Å². The van der Waals surface area contributed by atoms with Crippen molar-refractivity contribution in [1.82, 2.24) is 15.0 Å². The number of unbranched alkanes of at least 4 members (excludes halogenated alkanes) is 1. The molecule has 1 unspecified atom stereocenters. The fourth-order valence-corrected chi connectivity index (χ4v) is 6.55. The van der Waals surface area contributed by atoms with Crippen molar-refractivity contribution in [3.63, 3.8) is 0 Å². The Hall–Kier alpha value is -1.87. The monoisotopic (exact) mass is 416 g/mol. The normalized spacial score (nSPS) is 12.7. The van der Waals surface area contributed by atoms with Crippen LogP contribution in [0.15, 0.2) is 34.1 Å². The van der Waals surface area contributed by atoms with Crippen LogP contribution in [-0.2, 0) is 11.2 Å². The van der Waals surface area contributed by atoms with E-state index in [0.29, 0.717) is 11.4 Å². The Labute approximate surface area is 168 Å². The van der Waals surface area contributed by atoms with Crippen LogP contribution in [0.3, 0.4) is 0 Å². The van der Waals surface area contributed by atoms with Gasteiger partial charge in [-0.1, -0.05) is 24.7 Å². The van der Waals surface area contributed by atoms with E-state index in [1.165, 1.54) is 11.3 Å². The van der Waals surface area contributed by atoms with Crippen LogP contribution < -0.4 is 5.73 Å². The van der Waals surface area contributed by atoms with Crippen molar-refractivity contribution in [3.05, 3.63) is 35.7 Å². The number of imidazole rings is 1. The van der Waals surface area contributed by atoms with E-state index in [9.17, 15) is 4.55 Å². The minimum Gasteiger partial charge on any atom is -0.611 e. The van der Waals surface area contributed by atoms with Gasteiger partial charge in [0.15, 0.2) is 0 Å². The zero-order chi connectivity index (χ0) is 19.0. The average molecular weight is 417 g/mol. The number of aromatic nitrogens is 3. The van der Waals surface area contributed by atoms with Gasteiger partial charge in [0.05, 0.1) is 11.9 Å². The molecule has 0 aliphatic rings. The number of nitrogens with zero attached hydrogens (tertiary/aromatic N) is 2. The van der Waals surface area contributed by atoms with Gasteiger partial charge >= 0.3 is 0 Å². The molecule has 4 rings (SSSR count). The Morgan fingerprint density at radius 1 is 1.30 bits per heavy atom. The number of H-pyrrole nitrogens is 1. The highest BCUT2D eigenvalue weighted by molar-refractivity contribution is 7.93. The molecule has 0 aliphatic heterocycles. The second-order valence-corrected chi connectivity index (χ2v) is 10.0. The van der Waals surface area contributed by atoms with Crippen molar-refractivity contribution in [1.29, 1.82) is 0 Å². The summed E-state index contributed by atoms with van der Waals surface area (Å²) in [6, 6.07) is 4.19. The lowest BCUT2D eigenvalue weighted by Crippen LogP contribution is -2.06. The summed E-state index contributed by atoms with van der Waals surface area (Å²) < 4.78 is 14.6. The first-order valence-corrected chi connectivity index (χ1v) is 11.8. The lowest BCUT2D eigenvalue weighted by Gasteiger charge is -2.08. The molecule has 1 atom stereocenters. The molecule has 3 aromatic heterocycles.